The van der Waals surface area contributed by atoms with Gasteiger partial charge in [0.05, 0.1) is 6.54 Å². The third-order valence-electron chi connectivity index (χ3n) is 8.81. The summed E-state index contributed by atoms with van der Waals surface area (Å²) in [5.41, 5.74) is 3.97. The summed E-state index contributed by atoms with van der Waals surface area (Å²) in [4.78, 5) is 16.8. The van der Waals surface area contributed by atoms with Crippen LogP contribution in [0.25, 0.3) is 0 Å². The Kier molecular flexibility index (Phi) is 7.60. The van der Waals surface area contributed by atoms with Crippen LogP contribution in [0.1, 0.15) is 36.8 Å². The first kappa shape index (κ1) is 29.8. The molecule has 1 N–H and O–H groups in total. The number of quaternary nitrogens is 1. The third-order valence-corrected chi connectivity index (χ3v) is 10.9. The van der Waals surface area contributed by atoms with Crippen LogP contribution in [0.3, 0.4) is 0 Å². The number of tetrazole rings is 1. The summed E-state index contributed by atoms with van der Waals surface area (Å²) >= 11 is 14.6. The topological polar surface area (TPSA) is 84.1 Å². The molecular formula is C34H31Cl2N6O2S+. The van der Waals surface area contributed by atoms with E-state index in [1.807, 2.05) is 83.8 Å². The van der Waals surface area contributed by atoms with E-state index < -0.39 is 6.04 Å². The zero-order valence-electron chi connectivity index (χ0n) is 24.7. The highest BCUT2D eigenvalue weighted by Crippen LogP contribution is 2.61. The van der Waals surface area contributed by atoms with Crippen LogP contribution in [0.15, 0.2) is 103 Å². The quantitative estimate of drug-likeness (QED) is 0.138. The van der Waals surface area contributed by atoms with Crippen molar-refractivity contribution < 1.29 is 9.90 Å². The Balaban J connectivity index is 1.33. The van der Waals surface area contributed by atoms with Crippen molar-refractivity contribution in [2.75, 3.05) is 0 Å². The van der Waals surface area contributed by atoms with Crippen molar-refractivity contribution in [3.63, 3.8) is 0 Å². The summed E-state index contributed by atoms with van der Waals surface area (Å²) in [5.74, 6) is 0.861. The van der Waals surface area contributed by atoms with Crippen LogP contribution in [0, 0.1) is 0 Å². The zero-order chi connectivity index (χ0) is 31.3. The average molecular weight is 659 g/mol. The minimum absolute atomic E-state index is 0.0306. The Labute approximate surface area is 275 Å². The molecule has 1 aromatic heterocycles. The summed E-state index contributed by atoms with van der Waals surface area (Å²) < 4.78 is 1.64. The maximum Gasteiger partial charge on any atom is 0.286 e. The number of carbonyl (C=O) groups is 1. The lowest BCUT2D eigenvalue weighted by Gasteiger charge is -2.53. The Bertz CT molecular complexity index is 1790. The minimum atomic E-state index is -0.441. The summed E-state index contributed by atoms with van der Waals surface area (Å²) in [7, 11) is 0. The van der Waals surface area contributed by atoms with Crippen LogP contribution in [-0.4, -0.2) is 52.3 Å². The normalized spacial score (nSPS) is 20.6. The van der Waals surface area contributed by atoms with Gasteiger partial charge in [0.25, 0.3) is 5.91 Å². The SMILES string of the molecule is CC1(C)S[C@H]2C([N+](Cc3ccccc3)(c3ccc(Cl)cc3)c3ccc(Cl)cc3)C(=O)N2C1c1nnnn1Cc1ccc(O)cc1. The van der Waals surface area contributed by atoms with E-state index in [4.69, 9.17) is 23.2 Å². The summed E-state index contributed by atoms with van der Waals surface area (Å²) in [6.07, 6.45) is 0. The van der Waals surface area contributed by atoms with Gasteiger partial charge in [-0.25, -0.2) is 9.16 Å². The molecule has 2 fully saturated rings. The Morgan fingerprint density at radius 2 is 1.44 bits per heavy atom. The minimum Gasteiger partial charge on any atom is -0.508 e. The number of fused-ring (bicyclic) bond motifs is 1. The number of β-lactam (4-membered cyclic amide) rings is 1. The highest BCUT2D eigenvalue weighted by atomic mass is 35.5. The van der Waals surface area contributed by atoms with Gasteiger partial charge >= 0.3 is 0 Å². The predicted molar refractivity (Wildman–Crippen MR) is 178 cm³/mol. The Morgan fingerprint density at radius 3 is 2.04 bits per heavy atom. The van der Waals surface area contributed by atoms with Crippen molar-refractivity contribution >= 4 is 52.2 Å². The van der Waals surface area contributed by atoms with Gasteiger partial charge in [0.2, 0.25) is 6.04 Å². The molecule has 5 aromatic rings. The van der Waals surface area contributed by atoms with Gasteiger partial charge in [-0.2, -0.15) is 0 Å². The van der Waals surface area contributed by atoms with E-state index in [-0.39, 0.29) is 32.3 Å². The number of phenolic OH excluding ortho intramolecular Hbond substituents is 1. The molecule has 45 heavy (non-hydrogen) atoms. The van der Waals surface area contributed by atoms with Gasteiger partial charge in [0.1, 0.15) is 35.1 Å². The van der Waals surface area contributed by atoms with Crippen LogP contribution in [0.5, 0.6) is 5.75 Å². The maximum absolute atomic E-state index is 14.8. The molecule has 0 radical (unpaired) electrons. The molecule has 1 amide bonds. The summed E-state index contributed by atoms with van der Waals surface area (Å²) in [5, 5.41) is 23.6. The number of carbonyl (C=O) groups excluding carboxylic acids is 1. The second kappa shape index (κ2) is 11.5. The van der Waals surface area contributed by atoms with E-state index in [0.29, 0.717) is 29.0 Å². The van der Waals surface area contributed by atoms with Crippen molar-refractivity contribution in [2.45, 2.75) is 49.1 Å². The number of aromatic hydroxyl groups is 1. The second-order valence-electron chi connectivity index (χ2n) is 12.0. The first-order chi connectivity index (χ1) is 21.7. The predicted octanol–water partition coefficient (Wildman–Crippen LogP) is 7.38. The fourth-order valence-corrected chi connectivity index (χ4v) is 8.76. The van der Waals surface area contributed by atoms with E-state index in [0.717, 1.165) is 22.5 Å². The molecule has 228 valence electrons. The number of hydrogen-bond acceptors (Lipinski definition) is 6. The molecule has 3 heterocycles. The molecule has 7 rings (SSSR count). The highest BCUT2D eigenvalue weighted by Gasteiger charge is 2.70. The lowest BCUT2D eigenvalue weighted by molar-refractivity contribution is -0.154. The molecule has 4 aromatic carbocycles. The van der Waals surface area contributed by atoms with E-state index >= 15 is 0 Å². The number of phenols is 1. The van der Waals surface area contributed by atoms with Gasteiger partial charge in [0.15, 0.2) is 5.82 Å². The van der Waals surface area contributed by atoms with Gasteiger partial charge in [-0.05, 0) is 66.2 Å². The molecule has 2 saturated heterocycles. The van der Waals surface area contributed by atoms with Crippen LogP contribution >= 0.6 is 35.0 Å². The fraction of sp³-hybridized carbons (Fsp3) is 0.235. The first-order valence-electron chi connectivity index (χ1n) is 14.7. The maximum atomic E-state index is 14.8. The number of amides is 1. The monoisotopic (exact) mass is 657 g/mol. The Morgan fingerprint density at radius 1 is 0.844 bits per heavy atom. The third kappa shape index (κ3) is 5.17. The fourth-order valence-electron chi connectivity index (χ4n) is 6.75. The van der Waals surface area contributed by atoms with Gasteiger partial charge in [-0.1, -0.05) is 65.7 Å². The van der Waals surface area contributed by atoms with Gasteiger partial charge in [-0.15, -0.1) is 16.9 Å². The first-order valence-corrected chi connectivity index (χ1v) is 16.3. The smallest absolute Gasteiger partial charge is 0.286 e. The second-order valence-corrected chi connectivity index (χ2v) is 14.7. The molecule has 8 nitrogen and oxygen atoms in total. The molecule has 2 unspecified atom stereocenters. The molecule has 0 bridgehead atoms. The lowest BCUT2D eigenvalue weighted by atomic mass is 9.91. The molecule has 11 heteroatoms. The molecule has 3 atom stereocenters. The van der Waals surface area contributed by atoms with Crippen molar-refractivity contribution in [3.05, 3.63) is 130 Å². The van der Waals surface area contributed by atoms with E-state index in [2.05, 4.69) is 41.5 Å². The summed E-state index contributed by atoms with van der Waals surface area (Å²) in [6.45, 7) is 5.27. The van der Waals surface area contributed by atoms with E-state index in [9.17, 15) is 9.90 Å². The van der Waals surface area contributed by atoms with Crippen molar-refractivity contribution in [3.8, 4) is 5.75 Å². The van der Waals surface area contributed by atoms with Crippen molar-refractivity contribution in [1.29, 1.82) is 0 Å². The number of benzene rings is 4. The molecule has 0 aliphatic carbocycles. The average Bonchev–Trinajstić information content (AvgIpc) is 3.57. The van der Waals surface area contributed by atoms with E-state index in [1.54, 1.807) is 28.6 Å². The number of aromatic nitrogens is 4. The number of hydrogen-bond donors (Lipinski definition) is 1. The molecule has 2 aliphatic rings. The molecule has 2 aliphatic heterocycles. The van der Waals surface area contributed by atoms with E-state index in [1.165, 1.54) is 0 Å². The van der Waals surface area contributed by atoms with Gasteiger partial charge < -0.3 is 10.0 Å². The van der Waals surface area contributed by atoms with Crippen molar-refractivity contribution in [2.24, 2.45) is 0 Å². The molecular weight excluding hydrogens is 627 g/mol. The zero-order valence-corrected chi connectivity index (χ0v) is 27.0. The number of nitrogens with zero attached hydrogens (tertiary/aromatic N) is 6. The van der Waals surface area contributed by atoms with Crippen LogP contribution in [-0.2, 0) is 17.9 Å². The Hall–Kier alpha value is -3.89. The van der Waals surface area contributed by atoms with Crippen LogP contribution < -0.4 is 4.48 Å². The molecule has 0 saturated carbocycles. The van der Waals surface area contributed by atoms with Crippen molar-refractivity contribution in [1.82, 2.24) is 29.6 Å². The summed E-state index contributed by atoms with van der Waals surface area (Å²) in [6, 6.07) is 32.1. The molecule has 0 spiro atoms. The number of thioether (sulfide) groups is 1. The number of rotatable bonds is 8. The van der Waals surface area contributed by atoms with Crippen LogP contribution in [0.4, 0.5) is 11.4 Å². The standard InChI is InChI=1S/C34H30Cl2N6O2S/c1-34(2)30(31-37-38-39-40(31)20-22-8-18-28(43)19-9-22)41-32(44)29(33(41)45-34)42(21-23-6-4-3-5-7-23,26-14-10-24(35)11-15-26)27-16-12-25(36)13-17-27/h3-19,29-30,33H,20-21H2,1-2H3/p+1/t29?,30?,33-/m0/s1. The lowest BCUT2D eigenvalue weighted by Crippen LogP contribution is -2.74. The number of halogens is 2. The highest BCUT2D eigenvalue weighted by molar-refractivity contribution is 8.01. The largest absolute Gasteiger partial charge is 0.508 e. The van der Waals surface area contributed by atoms with Crippen LogP contribution in [0.2, 0.25) is 10.0 Å². The van der Waals surface area contributed by atoms with Gasteiger partial charge in [0, 0.05) is 44.6 Å². The van der Waals surface area contributed by atoms with Gasteiger partial charge in [-0.3, -0.25) is 4.79 Å².